The van der Waals surface area contributed by atoms with Crippen LogP contribution in [0.4, 0.5) is 4.39 Å². The fourth-order valence-corrected chi connectivity index (χ4v) is 5.75. The molecule has 2 aromatic heterocycles. The molecule has 4 aromatic rings. The lowest BCUT2D eigenvalue weighted by Gasteiger charge is -2.06. The maximum Gasteiger partial charge on any atom is 0.373 e. The molecule has 6 nitrogen and oxygen atoms in total. The summed E-state index contributed by atoms with van der Waals surface area (Å²) in [5, 5.41) is 15.0. The summed E-state index contributed by atoms with van der Waals surface area (Å²) in [6.45, 7) is 8.15. The zero-order valence-corrected chi connectivity index (χ0v) is 20.6. The van der Waals surface area contributed by atoms with Crippen LogP contribution in [0.1, 0.15) is 30.7 Å². The Kier molecular flexibility index (Phi) is 8.13. The van der Waals surface area contributed by atoms with E-state index in [1.165, 1.54) is 12.1 Å². The Bertz CT molecular complexity index is 1400. The van der Waals surface area contributed by atoms with Crippen LogP contribution >= 0.6 is 23.1 Å². The van der Waals surface area contributed by atoms with Gasteiger partial charge in [-0.15, -0.1) is 11.8 Å². The first-order valence-corrected chi connectivity index (χ1v) is 12.0. The second-order valence-electron chi connectivity index (χ2n) is 7.61. The molecule has 2 heterocycles. The minimum atomic E-state index is -0.270. The molecule has 0 N–H and O–H groups in total. The predicted octanol–water partition coefficient (Wildman–Crippen LogP) is 6.21. The van der Waals surface area contributed by atoms with Gasteiger partial charge in [-0.1, -0.05) is 43.4 Å². The van der Waals surface area contributed by atoms with Crippen LogP contribution in [0.2, 0.25) is 0 Å². The second-order valence-corrected chi connectivity index (χ2v) is 10.4. The van der Waals surface area contributed by atoms with Crippen LogP contribution < -0.4 is 0 Å². The van der Waals surface area contributed by atoms with E-state index in [1.807, 2.05) is 44.3 Å². The van der Waals surface area contributed by atoms with Crippen LogP contribution in [0, 0.1) is 31.0 Å². The maximum atomic E-state index is 13.7. The van der Waals surface area contributed by atoms with Gasteiger partial charge in [-0.3, -0.25) is 0 Å². The average molecular weight is 493 g/mol. The van der Waals surface area contributed by atoms with Gasteiger partial charge in [0.25, 0.3) is 0 Å². The summed E-state index contributed by atoms with van der Waals surface area (Å²) >= 11 is 3.35. The van der Waals surface area contributed by atoms with Crippen LogP contribution in [0.25, 0.3) is 27.5 Å². The molecule has 0 atom stereocenters. The molecule has 0 saturated heterocycles. The van der Waals surface area contributed by atoms with E-state index in [0.29, 0.717) is 10.8 Å². The minimum absolute atomic E-state index is 0.250. The van der Waals surface area contributed by atoms with Crippen LogP contribution in [-0.2, 0) is 9.59 Å². The molecular formula is C25H21FN4O2S2. The predicted molar refractivity (Wildman–Crippen MR) is 130 cm³/mol. The highest BCUT2D eigenvalue weighted by Crippen LogP contribution is 2.40. The van der Waals surface area contributed by atoms with E-state index >= 15 is 0 Å². The number of benzene rings is 2. The van der Waals surface area contributed by atoms with Gasteiger partial charge in [0, 0.05) is 22.6 Å². The SMILES string of the molecule is Cc1cc(-c2nc(-n3cc(-c4cccc(F)c4)c(C)n3)sc2SC(C)C)ccc1C#N.O=C=O. The third kappa shape index (κ3) is 5.67. The monoisotopic (exact) mass is 492 g/mol. The number of carbonyl (C=O) groups excluding carboxylic acids is 2. The molecule has 0 unspecified atom stereocenters. The van der Waals surface area contributed by atoms with Crippen LogP contribution in [0.3, 0.4) is 0 Å². The first-order valence-electron chi connectivity index (χ1n) is 10.3. The normalized spacial score (nSPS) is 10.4. The molecule has 34 heavy (non-hydrogen) atoms. The number of aromatic nitrogens is 3. The van der Waals surface area contributed by atoms with Gasteiger partial charge >= 0.3 is 6.15 Å². The van der Waals surface area contributed by atoms with Crippen molar-refractivity contribution in [2.24, 2.45) is 0 Å². The summed E-state index contributed by atoms with van der Waals surface area (Å²) in [5.74, 6) is -0.270. The van der Waals surface area contributed by atoms with Crippen LogP contribution in [0.15, 0.2) is 52.9 Å². The van der Waals surface area contributed by atoms with Gasteiger partial charge in [-0.25, -0.2) is 14.1 Å². The van der Waals surface area contributed by atoms with Crippen LogP contribution in [0.5, 0.6) is 0 Å². The van der Waals surface area contributed by atoms with E-state index in [0.717, 1.165) is 43.0 Å². The number of halogens is 1. The number of aryl methyl sites for hydroxylation is 2. The molecular weight excluding hydrogens is 471 g/mol. The van der Waals surface area contributed by atoms with E-state index in [4.69, 9.17) is 14.6 Å². The summed E-state index contributed by atoms with van der Waals surface area (Å²) in [6, 6.07) is 14.5. The molecule has 0 fully saturated rings. The van der Waals surface area contributed by atoms with Crippen molar-refractivity contribution < 1.29 is 14.0 Å². The van der Waals surface area contributed by atoms with Gasteiger partial charge in [0.2, 0.25) is 5.13 Å². The van der Waals surface area contributed by atoms with Crippen molar-refractivity contribution in [3.8, 4) is 33.6 Å². The van der Waals surface area contributed by atoms with Crippen molar-refractivity contribution in [1.82, 2.24) is 14.8 Å². The average Bonchev–Trinajstić information content (AvgIpc) is 3.37. The van der Waals surface area contributed by atoms with Gasteiger partial charge in [0.05, 0.1) is 27.2 Å². The van der Waals surface area contributed by atoms with Gasteiger partial charge in [0.1, 0.15) is 5.82 Å². The number of thiazole rings is 1. The van der Waals surface area contributed by atoms with E-state index in [1.54, 1.807) is 33.8 Å². The fourth-order valence-electron chi connectivity index (χ4n) is 3.30. The number of hydrogen-bond donors (Lipinski definition) is 0. The molecule has 172 valence electrons. The van der Waals surface area contributed by atoms with Crippen LogP contribution in [-0.4, -0.2) is 26.2 Å². The zero-order valence-electron chi connectivity index (χ0n) is 19.0. The first-order chi connectivity index (χ1) is 16.3. The number of hydrogen-bond acceptors (Lipinski definition) is 7. The Hall–Kier alpha value is -3.57. The standard InChI is InChI=1S/C24H21FN4S2.CO2/c1-14(2)30-23-22(18-8-9-19(12-26)15(3)10-18)27-24(31-23)29-13-21(16(4)28-29)17-6-5-7-20(25)11-17;2-1-3/h5-11,13-14H,1-4H3;. The molecule has 0 saturated carbocycles. The minimum Gasteiger partial charge on any atom is -0.217 e. The van der Waals surface area contributed by atoms with Crippen molar-refractivity contribution in [1.29, 1.82) is 5.26 Å². The van der Waals surface area contributed by atoms with Gasteiger partial charge in [-0.05, 0) is 49.2 Å². The molecule has 0 radical (unpaired) electrons. The Balaban J connectivity index is 0.00000103. The van der Waals surface area contributed by atoms with Gasteiger partial charge in [0.15, 0.2) is 0 Å². The van der Waals surface area contributed by atoms with Gasteiger partial charge in [-0.2, -0.15) is 19.9 Å². The summed E-state index contributed by atoms with van der Waals surface area (Å²) < 4.78 is 16.6. The van der Waals surface area contributed by atoms with E-state index in [-0.39, 0.29) is 12.0 Å². The van der Waals surface area contributed by atoms with Crippen molar-refractivity contribution in [3.63, 3.8) is 0 Å². The number of rotatable bonds is 5. The summed E-state index contributed by atoms with van der Waals surface area (Å²) in [5.41, 5.74) is 5.96. The lowest BCUT2D eigenvalue weighted by atomic mass is 10.0. The Morgan fingerprint density at radius 2 is 1.85 bits per heavy atom. The molecule has 4 rings (SSSR count). The van der Waals surface area contributed by atoms with Crippen molar-refractivity contribution >= 4 is 29.3 Å². The maximum absolute atomic E-state index is 13.7. The summed E-state index contributed by atoms with van der Waals surface area (Å²) in [4.78, 5) is 21.2. The van der Waals surface area contributed by atoms with Crippen molar-refractivity contribution in [2.45, 2.75) is 37.2 Å². The molecule has 0 aliphatic heterocycles. The molecule has 9 heteroatoms. The Labute approximate surface area is 205 Å². The van der Waals surface area contributed by atoms with E-state index < -0.39 is 0 Å². The smallest absolute Gasteiger partial charge is 0.217 e. The zero-order chi connectivity index (χ0) is 24.8. The molecule has 0 spiro atoms. The molecule has 0 aliphatic rings. The third-order valence-corrected chi connectivity index (χ3v) is 7.04. The summed E-state index contributed by atoms with van der Waals surface area (Å²) in [7, 11) is 0. The molecule has 0 bridgehead atoms. The molecule has 0 amide bonds. The number of nitriles is 1. The molecule has 2 aromatic carbocycles. The van der Waals surface area contributed by atoms with E-state index in [2.05, 4.69) is 25.0 Å². The topological polar surface area (TPSA) is 88.6 Å². The fraction of sp³-hybridized carbons (Fsp3) is 0.200. The van der Waals surface area contributed by atoms with E-state index in [9.17, 15) is 9.65 Å². The lowest BCUT2D eigenvalue weighted by Crippen LogP contribution is -1.94. The Morgan fingerprint density at radius 3 is 2.47 bits per heavy atom. The number of thioether (sulfide) groups is 1. The largest absolute Gasteiger partial charge is 0.373 e. The highest BCUT2D eigenvalue weighted by atomic mass is 32.2. The van der Waals surface area contributed by atoms with Crippen molar-refractivity contribution in [3.05, 3.63) is 71.3 Å². The summed E-state index contributed by atoms with van der Waals surface area (Å²) in [6.07, 6.45) is 2.15. The number of nitrogens with zero attached hydrogens (tertiary/aromatic N) is 4. The highest BCUT2D eigenvalue weighted by Gasteiger charge is 2.19. The quantitative estimate of drug-likeness (QED) is 0.308. The highest BCUT2D eigenvalue weighted by molar-refractivity contribution is 8.01. The Morgan fingerprint density at radius 1 is 1.12 bits per heavy atom. The molecule has 0 aliphatic carbocycles. The second kappa shape index (κ2) is 11.0. The third-order valence-electron chi connectivity index (χ3n) is 4.78. The first kappa shape index (κ1) is 25.1. The van der Waals surface area contributed by atoms with Crippen molar-refractivity contribution in [2.75, 3.05) is 0 Å². The van der Waals surface area contributed by atoms with Gasteiger partial charge < -0.3 is 0 Å². The lowest BCUT2D eigenvalue weighted by molar-refractivity contribution is -0.191.